The van der Waals surface area contributed by atoms with Crippen LogP contribution in [0.4, 0.5) is 10.1 Å². The Labute approximate surface area is 101 Å². The van der Waals surface area contributed by atoms with Gasteiger partial charge in [-0.15, -0.1) is 0 Å². The third-order valence-electron chi connectivity index (χ3n) is 2.43. The molecule has 0 saturated carbocycles. The number of anilines is 1. The van der Waals surface area contributed by atoms with Crippen molar-refractivity contribution >= 4 is 17.4 Å². The summed E-state index contributed by atoms with van der Waals surface area (Å²) in [6.45, 7) is 0. The largest absolute Gasteiger partial charge is 0.477 e. The third-order valence-corrected chi connectivity index (χ3v) is 2.43. The number of carboxylic acids is 1. The Hall–Kier alpha value is -2.63. The van der Waals surface area contributed by atoms with Gasteiger partial charge >= 0.3 is 5.97 Å². The molecule has 0 unspecified atom stereocenters. The molecule has 1 heterocycles. The molecule has 0 fully saturated rings. The Balaban J connectivity index is 2.35. The van der Waals surface area contributed by atoms with Crippen molar-refractivity contribution in [1.82, 2.24) is 4.98 Å². The van der Waals surface area contributed by atoms with E-state index in [4.69, 9.17) is 10.8 Å². The first-order valence-corrected chi connectivity index (χ1v) is 5.00. The summed E-state index contributed by atoms with van der Waals surface area (Å²) >= 11 is 0. The number of aromatic amines is 1. The van der Waals surface area contributed by atoms with E-state index in [-0.39, 0.29) is 22.5 Å². The van der Waals surface area contributed by atoms with Crippen molar-refractivity contribution in [2.45, 2.75) is 0 Å². The van der Waals surface area contributed by atoms with Crippen LogP contribution in [0.15, 0.2) is 30.5 Å². The number of nitrogens with one attached hydrogen (secondary N) is 1. The fraction of sp³-hybridized carbons (Fsp3) is 0. The zero-order valence-corrected chi connectivity index (χ0v) is 9.11. The van der Waals surface area contributed by atoms with E-state index in [9.17, 15) is 14.0 Å². The molecule has 2 rings (SSSR count). The number of hydrogen-bond donors (Lipinski definition) is 3. The van der Waals surface area contributed by atoms with Crippen LogP contribution in [0.2, 0.25) is 0 Å². The highest BCUT2D eigenvalue weighted by molar-refractivity contribution is 6.10. The molecular formula is C12H9FN2O3. The lowest BCUT2D eigenvalue weighted by Crippen LogP contribution is -2.02. The standard InChI is InChI=1S/C12H9FN2O3/c13-8-2-1-6(3-9(8)14)11(16)7-4-10(12(17)18)15-5-7/h1-5,15H,14H2,(H,17,18). The van der Waals surface area contributed by atoms with Gasteiger partial charge in [-0.3, -0.25) is 4.79 Å². The van der Waals surface area contributed by atoms with Gasteiger partial charge in [0.15, 0.2) is 5.78 Å². The maximum Gasteiger partial charge on any atom is 0.352 e. The number of aromatic nitrogens is 1. The summed E-state index contributed by atoms with van der Waals surface area (Å²) in [5.41, 5.74) is 5.52. The smallest absolute Gasteiger partial charge is 0.352 e. The molecule has 0 aliphatic rings. The molecule has 0 radical (unpaired) electrons. The Morgan fingerprint density at radius 1 is 1.22 bits per heavy atom. The summed E-state index contributed by atoms with van der Waals surface area (Å²) in [5.74, 6) is -2.19. The first-order valence-electron chi connectivity index (χ1n) is 5.00. The average molecular weight is 248 g/mol. The number of benzene rings is 1. The molecule has 0 aliphatic carbocycles. The molecule has 0 aliphatic heterocycles. The number of ketones is 1. The van der Waals surface area contributed by atoms with E-state index in [2.05, 4.69) is 4.98 Å². The van der Waals surface area contributed by atoms with E-state index in [0.717, 1.165) is 6.07 Å². The molecule has 1 aromatic heterocycles. The van der Waals surface area contributed by atoms with Crippen molar-refractivity contribution in [3.05, 3.63) is 53.1 Å². The van der Waals surface area contributed by atoms with Crippen molar-refractivity contribution in [2.75, 3.05) is 5.73 Å². The molecule has 0 bridgehead atoms. The molecule has 5 nitrogen and oxygen atoms in total. The average Bonchev–Trinajstić information content (AvgIpc) is 2.81. The third kappa shape index (κ3) is 2.08. The highest BCUT2D eigenvalue weighted by Gasteiger charge is 2.14. The second-order valence-corrected chi connectivity index (χ2v) is 3.67. The van der Waals surface area contributed by atoms with Crippen molar-refractivity contribution in [3.8, 4) is 0 Å². The second-order valence-electron chi connectivity index (χ2n) is 3.67. The van der Waals surface area contributed by atoms with Crippen LogP contribution >= 0.6 is 0 Å². The Bertz CT molecular complexity index is 634. The van der Waals surface area contributed by atoms with Gasteiger partial charge in [0.25, 0.3) is 0 Å². The van der Waals surface area contributed by atoms with Gasteiger partial charge in [0.05, 0.1) is 5.69 Å². The number of carboxylic acid groups (broad SMARTS) is 1. The molecule has 4 N–H and O–H groups in total. The van der Waals surface area contributed by atoms with Gasteiger partial charge in [0.2, 0.25) is 0 Å². The maximum absolute atomic E-state index is 13.0. The first kappa shape index (κ1) is 11.8. The van der Waals surface area contributed by atoms with Crippen LogP contribution in [0.5, 0.6) is 0 Å². The number of H-pyrrole nitrogens is 1. The zero-order chi connectivity index (χ0) is 13.3. The summed E-state index contributed by atoms with van der Waals surface area (Å²) < 4.78 is 13.0. The normalized spacial score (nSPS) is 10.3. The fourth-order valence-corrected chi connectivity index (χ4v) is 1.50. The number of rotatable bonds is 3. The van der Waals surface area contributed by atoms with Gasteiger partial charge in [-0.25, -0.2) is 9.18 Å². The second kappa shape index (κ2) is 4.33. The van der Waals surface area contributed by atoms with Crippen LogP contribution in [-0.2, 0) is 0 Å². The topological polar surface area (TPSA) is 96.2 Å². The fourth-order valence-electron chi connectivity index (χ4n) is 1.50. The number of halogens is 1. The van der Waals surface area contributed by atoms with E-state index >= 15 is 0 Å². The molecule has 2 aromatic rings. The van der Waals surface area contributed by atoms with Crippen molar-refractivity contribution in [1.29, 1.82) is 0 Å². The minimum Gasteiger partial charge on any atom is -0.477 e. The molecule has 0 saturated heterocycles. The molecule has 92 valence electrons. The lowest BCUT2D eigenvalue weighted by Gasteiger charge is -2.00. The summed E-state index contributed by atoms with van der Waals surface area (Å²) in [6, 6.07) is 4.81. The molecule has 18 heavy (non-hydrogen) atoms. The first-order chi connectivity index (χ1) is 8.49. The van der Waals surface area contributed by atoms with Crippen LogP contribution < -0.4 is 5.73 Å². The molecular weight excluding hydrogens is 239 g/mol. The van der Waals surface area contributed by atoms with E-state index in [1.54, 1.807) is 0 Å². The Morgan fingerprint density at radius 3 is 2.50 bits per heavy atom. The van der Waals surface area contributed by atoms with Crippen molar-refractivity contribution in [3.63, 3.8) is 0 Å². The van der Waals surface area contributed by atoms with E-state index in [1.807, 2.05) is 0 Å². The van der Waals surface area contributed by atoms with Gasteiger partial charge in [-0.1, -0.05) is 0 Å². The summed E-state index contributed by atoms with van der Waals surface area (Å²) in [5, 5.41) is 8.72. The monoisotopic (exact) mass is 248 g/mol. The van der Waals surface area contributed by atoms with Gasteiger partial charge in [-0.05, 0) is 24.3 Å². The lowest BCUT2D eigenvalue weighted by molar-refractivity contribution is 0.0691. The molecule has 0 amide bonds. The van der Waals surface area contributed by atoms with Crippen LogP contribution in [0.25, 0.3) is 0 Å². The number of carbonyl (C=O) groups is 2. The zero-order valence-electron chi connectivity index (χ0n) is 9.11. The molecule has 6 heteroatoms. The highest BCUT2D eigenvalue weighted by Crippen LogP contribution is 2.16. The quantitative estimate of drug-likeness (QED) is 0.568. The minimum absolute atomic E-state index is 0.0894. The summed E-state index contributed by atoms with van der Waals surface area (Å²) in [4.78, 5) is 25.1. The Kier molecular flexibility index (Phi) is 2.85. The van der Waals surface area contributed by atoms with E-state index in [1.165, 1.54) is 24.4 Å². The molecule has 0 atom stereocenters. The predicted molar refractivity (Wildman–Crippen MR) is 62.0 cm³/mol. The predicted octanol–water partition coefficient (Wildman–Crippen LogP) is 1.67. The highest BCUT2D eigenvalue weighted by atomic mass is 19.1. The van der Waals surface area contributed by atoms with Crippen LogP contribution in [0, 0.1) is 5.82 Å². The number of carbonyl (C=O) groups excluding carboxylic acids is 1. The van der Waals surface area contributed by atoms with E-state index in [0.29, 0.717) is 0 Å². The number of aromatic carboxylic acids is 1. The summed E-state index contributed by atoms with van der Waals surface area (Å²) in [7, 11) is 0. The van der Waals surface area contributed by atoms with Gasteiger partial charge < -0.3 is 15.8 Å². The Morgan fingerprint density at radius 2 is 1.94 bits per heavy atom. The lowest BCUT2D eigenvalue weighted by atomic mass is 10.1. The molecule has 0 spiro atoms. The van der Waals surface area contributed by atoms with Gasteiger partial charge in [0.1, 0.15) is 11.5 Å². The van der Waals surface area contributed by atoms with E-state index < -0.39 is 17.6 Å². The maximum atomic E-state index is 13.0. The molecule has 1 aromatic carbocycles. The van der Waals surface area contributed by atoms with Gasteiger partial charge in [0, 0.05) is 17.3 Å². The van der Waals surface area contributed by atoms with Gasteiger partial charge in [-0.2, -0.15) is 0 Å². The van der Waals surface area contributed by atoms with Crippen molar-refractivity contribution < 1.29 is 19.1 Å². The SMILES string of the molecule is Nc1cc(C(=O)c2c[nH]c(C(=O)O)c2)ccc1F. The van der Waals surface area contributed by atoms with Crippen LogP contribution in [0.3, 0.4) is 0 Å². The number of nitrogens with two attached hydrogens (primary N) is 1. The minimum atomic E-state index is -1.16. The number of hydrogen-bond acceptors (Lipinski definition) is 3. The summed E-state index contributed by atoms with van der Waals surface area (Å²) in [6.07, 6.45) is 1.28. The number of nitrogen functional groups attached to an aromatic ring is 1. The van der Waals surface area contributed by atoms with Crippen LogP contribution in [0.1, 0.15) is 26.4 Å². The van der Waals surface area contributed by atoms with Crippen LogP contribution in [-0.4, -0.2) is 21.8 Å². The van der Waals surface area contributed by atoms with Crippen molar-refractivity contribution in [2.24, 2.45) is 0 Å².